The lowest BCUT2D eigenvalue weighted by molar-refractivity contribution is -0.141. The summed E-state index contributed by atoms with van der Waals surface area (Å²) in [6.45, 7) is 0.784. The van der Waals surface area contributed by atoms with E-state index in [1.165, 1.54) is 11.3 Å². The lowest BCUT2D eigenvalue weighted by atomic mass is 10.1. The second-order valence-electron chi connectivity index (χ2n) is 6.34. The third-order valence-electron chi connectivity index (χ3n) is 4.34. The van der Waals surface area contributed by atoms with Crippen molar-refractivity contribution in [3.63, 3.8) is 0 Å². The summed E-state index contributed by atoms with van der Waals surface area (Å²) >= 11 is 1.32. The predicted molar refractivity (Wildman–Crippen MR) is 96.2 cm³/mol. The molecule has 1 aliphatic heterocycles. The van der Waals surface area contributed by atoms with Gasteiger partial charge in [-0.2, -0.15) is 18.2 Å². The van der Waals surface area contributed by atoms with Crippen molar-refractivity contribution in [2.24, 2.45) is 0 Å². The molecular weight excluding hydrogens is 393 g/mol. The SMILES string of the molecule is O=C(c1nc2ccccc2s1)N1CCCC(Oc2nccc(C(F)(F)F)n2)C1. The third-order valence-corrected chi connectivity index (χ3v) is 5.36. The van der Waals surface area contributed by atoms with Gasteiger partial charge >= 0.3 is 12.2 Å². The molecule has 1 saturated heterocycles. The molecule has 146 valence electrons. The zero-order valence-corrected chi connectivity index (χ0v) is 15.3. The van der Waals surface area contributed by atoms with Crippen molar-refractivity contribution in [3.05, 3.63) is 47.2 Å². The molecule has 3 heterocycles. The number of ether oxygens (including phenoxy) is 1. The van der Waals surface area contributed by atoms with Gasteiger partial charge in [0.2, 0.25) is 0 Å². The second-order valence-corrected chi connectivity index (χ2v) is 7.37. The van der Waals surface area contributed by atoms with E-state index >= 15 is 0 Å². The Bertz CT molecular complexity index is 975. The van der Waals surface area contributed by atoms with Crippen LogP contribution in [0.1, 0.15) is 28.3 Å². The molecule has 1 amide bonds. The van der Waals surface area contributed by atoms with E-state index in [2.05, 4.69) is 15.0 Å². The first-order valence-electron chi connectivity index (χ1n) is 8.62. The number of rotatable bonds is 3. The van der Waals surface area contributed by atoms with Crippen molar-refractivity contribution >= 4 is 27.5 Å². The zero-order chi connectivity index (χ0) is 19.7. The van der Waals surface area contributed by atoms with E-state index in [0.29, 0.717) is 24.4 Å². The molecule has 0 spiro atoms. The number of thiazole rings is 1. The highest BCUT2D eigenvalue weighted by Crippen LogP contribution is 2.29. The number of hydrogen-bond donors (Lipinski definition) is 0. The van der Waals surface area contributed by atoms with Gasteiger partial charge in [0.1, 0.15) is 6.10 Å². The van der Waals surface area contributed by atoms with Gasteiger partial charge in [0.15, 0.2) is 10.7 Å². The molecule has 3 aromatic rings. The van der Waals surface area contributed by atoms with Gasteiger partial charge in [0.25, 0.3) is 5.91 Å². The highest BCUT2D eigenvalue weighted by atomic mass is 32.1. The summed E-state index contributed by atoms with van der Waals surface area (Å²) in [6, 6.07) is 7.93. The van der Waals surface area contributed by atoms with Crippen molar-refractivity contribution in [1.82, 2.24) is 19.9 Å². The number of hydrogen-bond acceptors (Lipinski definition) is 6. The van der Waals surface area contributed by atoms with Crippen LogP contribution in [-0.2, 0) is 6.18 Å². The van der Waals surface area contributed by atoms with Crippen LogP contribution in [0.2, 0.25) is 0 Å². The van der Waals surface area contributed by atoms with E-state index in [4.69, 9.17) is 4.74 Å². The Morgan fingerprint density at radius 3 is 2.82 bits per heavy atom. The van der Waals surface area contributed by atoms with Gasteiger partial charge in [-0.25, -0.2) is 9.97 Å². The molecule has 10 heteroatoms. The van der Waals surface area contributed by atoms with Crippen molar-refractivity contribution in [3.8, 4) is 6.01 Å². The number of amides is 1. The quantitative estimate of drug-likeness (QED) is 0.660. The number of carbonyl (C=O) groups is 1. The second kappa shape index (κ2) is 7.34. The highest BCUT2D eigenvalue weighted by molar-refractivity contribution is 7.20. The first kappa shape index (κ1) is 18.6. The fraction of sp³-hybridized carbons (Fsp3) is 0.333. The third kappa shape index (κ3) is 3.91. The Kier molecular flexibility index (Phi) is 4.88. The first-order valence-corrected chi connectivity index (χ1v) is 9.43. The summed E-state index contributed by atoms with van der Waals surface area (Å²) in [5, 5.41) is 0.386. The van der Waals surface area contributed by atoms with E-state index in [1.54, 1.807) is 4.90 Å². The van der Waals surface area contributed by atoms with Crippen LogP contribution in [-0.4, -0.2) is 45.0 Å². The summed E-state index contributed by atoms with van der Waals surface area (Å²) in [7, 11) is 0. The Balaban J connectivity index is 1.46. The van der Waals surface area contributed by atoms with Crippen molar-refractivity contribution < 1.29 is 22.7 Å². The summed E-state index contributed by atoms with van der Waals surface area (Å²) in [4.78, 5) is 26.0. The lowest BCUT2D eigenvalue weighted by Gasteiger charge is -2.31. The highest BCUT2D eigenvalue weighted by Gasteiger charge is 2.34. The van der Waals surface area contributed by atoms with Crippen LogP contribution in [0.3, 0.4) is 0 Å². The number of benzene rings is 1. The summed E-state index contributed by atoms with van der Waals surface area (Å²) in [6.07, 6.45) is -2.76. The lowest BCUT2D eigenvalue weighted by Crippen LogP contribution is -2.44. The minimum absolute atomic E-state index is 0.209. The zero-order valence-electron chi connectivity index (χ0n) is 14.5. The molecular formula is C18H15F3N4O2S. The molecule has 0 radical (unpaired) electrons. The number of carbonyl (C=O) groups excluding carboxylic acids is 1. The van der Waals surface area contributed by atoms with Crippen LogP contribution in [0.25, 0.3) is 10.2 Å². The van der Waals surface area contributed by atoms with Crippen LogP contribution in [0.5, 0.6) is 6.01 Å². The van der Waals surface area contributed by atoms with Gasteiger partial charge in [-0.1, -0.05) is 12.1 Å². The largest absolute Gasteiger partial charge is 0.458 e. The Hall–Kier alpha value is -2.75. The van der Waals surface area contributed by atoms with Crippen LogP contribution in [0, 0.1) is 0 Å². The van der Waals surface area contributed by atoms with E-state index in [-0.39, 0.29) is 18.5 Å². The summed E-state index contributed by atoms with van der Waals surface area (Å²) in [5.74, 6) is -0.209. The molecule has 4 rings (SSSR count). The number of nitrogens with zero attached hydrogens (tertiary/aromatic N) is 4. The molecule has 0 aliphatic carbocycles. The van der Waals surface area contributed by atoms with Gasteiger partial charge in [0.05, 0.1) is 16.8 Å². The van der Waals surface area contributed by atoms with E-state index in [0.717, 1.165) is 22.5 Å². The van der Waals surface area contributed by atoms with Gasteiger partial charge in [-0.05, 0) is 31.0 Å². The number of likely N-dealkylation sites (tertiary alicyclic amines) is 1. The van der Waals surface area contributed by atoms with Crippen molar-refractivity contribution in [2.75, 3.05) is 13.1 Å². The smallest absolute Gasteiger partial charge is 0.433 e. The molecule has 1 fully saturated rings. The Labute approximate surface area is 162 Å². The molecule has 2 aromatic heterocycles. The van der Waals surface area contributed by atoms with Gasteiger partial charge in [0, 0.05) is 12.7 Å². The molecule has 1 aromatic carbocycles. The van der Waals surface area contributed by atoms with E-state index in [9.17, 15) is 18.0 Å². The molecule has 28 heavy (non-hydrogen) atoms. The van der Waals surface area contributed by atoms with E-state index in [1.807, 2.05) is 24.3 Å². The molecule has 0 bridgehead atoms. The van der Waals surface area contributed by atoms with Crippen LogP contribution >= 0.6 is 11.3 Å². The Morgan fingerprint density at radius 2 is 2.04 bits per heavy atom. The average molecular weight is 408 g/mol. The number of alkyl halides is 3. The molecule has 1 atom stereocenters. The van der Waals surface area contributed by atoms with Crippen molar-refractivity contribution in [1.29, 1.82) is 0 Å². The topological polar surface area (TPSA) is 68.2 Å². The minimum Gasteiger partial charge on any atom is -0.458 e. The van der Waals surface area contributed by atoms with E-state index < -0.39 is 18.0 Å². The maximum absolute atomic E-state index is 12.8. The molecule has 1 aliphatic rings. The number of para-hydroxylation sites is 1. The van der Waals surface area contributed by atoms with Gasteiger partial charge < -0.3 is 9.64 Å². The number of piperidine rings is 1. The average Bonchev–Trinajstić information content (AvgIpc) is 3.11. The molecule has 0 N–H and O–H groups in total. The van der Waals surface area contributed by atoms with Crippen LogP contribution in [0.4, 0.5) is 13.2 Å². The maximum atomic E-state index is 12.8. The number of aromatic nitrogens is 3. The van der Waals surface area contributed by atoms with Gasteiger partial charge in [-0.15, -0.1) is 11.3 Å². The van der Waals surface area contributed by atoms with Gasteiger partial charge in [-0.3, -0.25) is 4.79 Å². The fourth-order valence-electron chi connectivity index (χ4n) is 3.02. The predicted octanol–water partition coefficient (Wildman–Crippen LogP) is 3.79. The number of fused-ring (bicyclic) bond motifs is 1. The summed E-state index contributed by atoms with van der Waals surface area (Å²) < 4.78 is 44.8. The molecule has 6 nitrogen and oxygen atoms in total. The monoisotopic (exact) mass is 408 g/mol. The van der Waals surface area contributed by atoms with Crippen LogP contribution < -0.4 is 4.74 Å². The normalized spacial score (nSPS) is 17.7. The number of halogens is 3. The first-order chi connectivity index (χ1) is 13.4. The standard InChI is InChI=1S/C18H15F3N4O2S/c19-18(20,21)14-7-8-22-17(24-14)27-11-4-3-9-25(10-11)16(26)15-23-12-5-1-2-6-13(12)28-15/h1-2,5-8,11H,3-4,9-10H2. The van der Waals surface area contributed by atoms with Crippen LogP contribution in [0.15, 0.2) is 36.5 Å². The molecule has 0 saturated carbocycles. The van der Waals surface area contributed by atoms with Crippen molar-refractivity contribution in [2.45, 2.75) is 25.1 Å². The maximum Gasteiger partial charge on any atom is 0.433 e. The fourth-order valence-corrected chi connectivity index (χ4v) is 3.96. The summed E-state index contributed by atoms with van der Waals surface area (Å²) in [5.41, 5.74) is -0.297. The minimum atomic E-state index is -4.57. The molecule has 1 unspecified atom stereocenters. The Morgan fingerprint density at radius 1 is 1.21 bits per heavy atom.